The van der Waals surface area contributed by atoms with Gasteiger partial charge in [-0.2, -0.15) is 0 Å². The molecule has 2 atom stereocenters. The van der Waals surface area contributed by atoms with Crippen molar-refractivity contribution in [3.8, 4) is 0 Å². The molecule has 0 heterocycles. The van der Waals surface area contributed by atoms with Gasteiger partial charge in [0, 0.05) is 12.0 Å². The molecule has 0 fully saturated rings. The minimum Gasteiger partial charge on any atom is -0.462 e. The van der Waals surface area contributed by atoms with E-state index in [0.29, 0.717) is 24.8 Å². The summed E-state index contributed by atoms with van der Waals surface area (Å²) in [5, 5.41) is 9.32. The molecule has 0 aliphatic rings. The molecule has 2 unspecified atom stereocenters. The van der Waals surface area contributed by atoms with Gasteiger partial charge in [-0.15, -0.1) is 0 Å². The standard InChI is InChI=1S/C13H23O6P/c1-10(2)13(16)19-9-8-18-11(14)6-4-5-7-12(15)20(3)17/h12,15,20H,1,4-9H2,2-3H3. The molecule has 7 heteroatoms. The van der Waals surface area contributed by atoms with E-state index in [9.17, 15) is 19.3 Å². The molecule has 0 aliphatic carbocycles. The Morgan fingerprint density at radius 1 is 1.25 bits per heavy atom. The van der Waals surface area contributed by atoms with Crippen molar-refractivity contribution in [1.29, 1.82) is 0 Å². The number of hydrogen-bond donors (Lipinski definition) is 1. The fraction of sp³-hybridized carbons (Fsp3) is 0.692. The van der Waals surface area contributed by atoms with Crippen molar-refractivity contribution in [2.45, 2.75) is 38.5 Å². The number of aliphatic hydroxyl groups excluding tert-OH is 1. The fourth-order valence-corrected chi connectivity index (χ4v) is 1.91. The Morgan fingerprint density at radius 3 is 2.40 bits per heavy atom. The Balaban J connectivity index is 3.53. The van der Waals surface area contributed by atoms with Gasteiger partial charge in [-0.3, -0.25) is 4.79 Å². The van der Waals surface area contributed by atoms with Crippen molar-refractivity contribution < 1.29 is 28.7 Å². The Labute approximate surface area is 119 Å². The molecule has 1 N–H and O–H groups in total. The van der Waals surface area contributed by atoms with Gasteiger partial charge in [0.2, 0.25) is 0 Å². The second kappa shape index (κ2) is 10.6. The highest BCUT2D eigenvalue weighted by Gasteiger charge is 2.09. The predicted molar refractivity (Wildman–Crippen MR) is 76.1 cm³/mol. The molecule has 0 aromatic carbocycles. The normalized spacial score (nSPS) is 13.3. The second-order valence-corrected chi connectivity index (χ2v) is 6.40. The van der Waals surface area contributed by atoms with Crippen LogP contribution >= 0.6 is 7.80 Å². The Bertz CT molecular complexity index is 366. The minimum absolute atomic E-state index is 0.00789. The lowest BCUT2D eigenvalue weighted by Gasteiger charge is -2.08. The number of unbranched alkanes of at least 4 members (excludes halogenated alkanes) is 1. The Morgan fingerprint density at radius 2 is 1.85 bits per heavy atom. The van der Waals surface area contributed by atoms with E-state index in [1.165, 1.54) is 13.6 Å². The summed E-state index contributed by atoms with van der Waals surface area (Å²) in [7, 11) is -1.91. The third-order valence-electron chi connectivity index (χ3n) is 2.51. The van der Waals surface area contributed by atoms with Crippen LogP contribution in [-0.4, -0.2) is 42.8 Å². The summed E-state index contributed by atoms with van der Waals surface area (Å²) in [6, 6.07) is 0. The SMILES string of the molecule is C=C(C)C(=O)OCCOC(=O)CCCCC(O)[PH](C)=O. The molecule has 20 heavy (non-hydrogen) atoms. The number of hydrogen-bond acceptors (Lipinski definition) is 6. The highest BCUT2D eigenvalue weighted by molar-refractivity contribution is 7.44. The molecule has 0 radical (unpaired) electrons. The zero-order valence-corrected chi connectivity index (χ0v) is 13.0. The highest BCUT2D eigenvalue weighted by atomic mass is 31.1. The molecule has 6 nitrogen and oxygen atoms in total. The molecule has 0 spiro atoms. The van der Waals surface area contributed by atoms with E-state index in [0.717, 1.165) is 0 Å². The third kappa shape index (κ3) is 9.75. The zero-order chi connectivity index (χ0) is 15.5. The van der Waals surface area contributed by atoms with Crippen molar-refractivity contribution in [2.24, 2.45) is 0 Å². The number of ether oxygens (including phenoxy) is 2. The van der Waals surface area contributed by atoms with Gasteiger partial charge in [-0.25, -0.2) is 4.79 Å². The first-order valence-corrected chi connectivity index (χ1v) is 8.50. The summed E-state index contributed by atoms with van der Waals surface area (Å²) in [4.78, 5) is 22.3. The molecule has 0 aromatic heterocycles. The van der Waals surface area contributed by atoms with Gasteiger partial charge in [-0.1, -0.05) is 6.58 Å². The monoisotopic (exact) mass is 306 g/mol. The molecule has 0 rings (SSSR count). The van der Waals surface area contributed by atoms with Crippen LogP contribution in [0.5, 0.6) is 0 Å². The van der Waals surface area contributed by atoms with Gasteiger partial charge in [0.1, 0.15) is 26.9 Å². The Hall–Kier alpha value is -1.13. The van der Waals surface area contributed by atoms with Crippen LogP contribution < -0.4 is 0 Å². The number of aliphatic hydroxyl groups is 1. The largest absolute Gasteiger partial charge is 0.462 e. The van der Waals surface area contributed by atoms with Gasteiger partial charge in [0.25, 0.3) is 0 Å². The number of carbonyl (C=O) groups excluding carboxylic acids is 2. The third-order valence-corrected chi connectivity index (χ3v) is 3.73. The molecule has 0 bridgehead atoms. The first kappa shape index (κ1) is 18.9. The van der Waals surface area contributed by atoms with Crippen LogP contribution in [0.15, 0.2) is 12.2 Å². The van der Waals surface area contributed by atoms with Crippen LogP contribution in [0.4, 0.5) is 0 Å². The minimum atomic E-state index is -1.91. The van der Waals surface area contributed by atoms with E-state index < -0.39 is 19.6 Å². The van der Waals surface area contributed by atoms with Gasteiger partial charge in [-0.05, 0) is 32.9 Å². The van der Waals surface area contributed by atoms with E-state index in [1.54, 1.807) is 0 Å². The van der Waals surface area contributed by atoms with Crippen LogP contribution in [0.25, 0.3) is 0 Å². The first-order valence-electron chi connectivity index (χ1n) is 6.51. The topological polar surface area (TPSA) is 89.9 Å². The average molecular weight is 306 g/mol. The van der Waals surface area contributed by atoms with E-state index in [2.05, 4.69) is 6.58 Å². The summed E-state index contributed by atoms with van der Waals surface area (Å²) >= 11 is 0. The molecule has 0 saturated heterocycles. The van der Waals surface area contributed by atoms with Crippen LogP contribution in [-0.2, 0) is 23.6 Å². The summed E-state index contributed by atoms with van der Waals surface area (Å²) in [5.41, 5.74) is 0.296. The summed E-state index contributed by atoms with van der Waals surface area (Å²) in [5.74, 6) is -1.66. The van der Waals surface area contributed by atoms with E-state index in [4.69, 9.17) is 9.47 Å². The lowest BCUT2D eigenvalue weighted by molar-refractivity contribution is -0.150. The van der Waals surface area contributed by atoms with Gasteiger partial charge in [0.15, 0.2) is 0 Å². The van der Waals surface area contributed by atoms with Gasteiger partial charge >= 0.3 is 11.9 Å². The number of esters is 2. The molecule has 0 amide bonds. The maximum absolute atomic E-state index is 11.3. The van der Waals surface area contributed by atoms with Crippen LogP contribution in [0.3, 0.4) is 0 Å². The average Bonchev–Trinajstić information content (AvgIpc) is 2.38. The number of rotatable bonds is 10. The van der Waals surface area contributed by atoms with Crippen molar-refractivity contribution in [3.63, 3.8) is 0 Å². The smallest absolute Gasteiger partial charge is 0.333 e. The molecule has 116 valence electrons. The van der Waals surface area contributed by atoms with Crippen molar-refractivity contribution in [1.82, 2.24) is 0 Å². The van der Waals surface area contributed by atoms with Crippen molar-refractivity contribution in [3.05, 3.63) is 12.2 Å². The van der Waals surface area contributed by atoms with Gasteiger partial charge in [0.05, 0.1) is 0 Å². The van der Waals surface area contributed by atoms with E-state index >= 15 is 0 Å². The maximum atomic E-state index is 11.3. The fourth-order valence-electron chi connectivity index (χ4n) is 1.30. The predicted octanol–water partition coefficient (Wildman–Crippen LogP) is 1.72. The lowest BCUT2D eigenvalue weighted by atomic mass is 10.2. The molecule has 0 saturated carbocycles. The summed E-state index contributed by atoms with van der Waals surface area (Å²) in [6.45, 7) is 6.49. The van der Waals surface area contributed by atoms with E-state index in [1.807, 2.05) is 0 Å². The molecule has 0 aromatic rings. The highest BCUT2D eigenvalue weighted by Crippen LogP contribution is 2.24. The van der Waals surface area contributed by atoms with Gasteiger partial charge < -0.3 is 19.1 Å². The van der Waals surface area contributed by atoms with Crippen LogP contribution in [0.1, 0.15) is 32.6 Å². The first-order chi connectivity index (χ1) is 9.34. The summed E-state index contributed by atoms with van der Waals surface area (Å²) < 4.78 is 20.6. The van der Waals surface area contributed by atoms with Crippen molar-refractivity contribution >= 4 is 19.7 Å². The summed E-state index contributed by atoms with van der Waals surface area (Å²) in [6.07, 6.45) is 1.84. The molecular formula is C13H23O6P. The molecule has 0 aliphatic heterocycles. The maximum Gasteiger partial charge on any atom is 0.333 e. The van der Waals surface area contributed by atoms with E-state index in [-0.39, 0.29) is 25.6 Å². The molecular weight excluding hydrogens is 283 g/mol. The number of carbonyl (C=O) groups is 2. The lowest BCUT2D eigenvalue weighted by Crippen LogP contribution is -2.14. The zero-order valence-electron chi connectivity index (χ0n) is 12.0. The van der Waals surface area contributed by atoms with Crippen LogP contribution in [0, 0.1) is 0 Å². The van der Waals surface area contributed by atoms with Crippen molar-refractivity contribution in [2.75, 3.05) is 19.9 Å². The quantitative estimate of drug-likeness (QED) is 0.286. The Kier molecular flexibility index (Phi) is 10.0. The second-order valence-electron chi connectivity index (χ2n) is 4.51. The van der Waals surface area contributed by atoms with Crippen LogP contribution in [0.2, 0.25) is 0 Å².